The van der Waals surface area contributed by atoms with Gasteiger partial charge < -0.3 is 18.8 Å². The first kappa shape index (κ1) is 17.2. The predicted octanol–water partition coefficient (Wildman–Crippen LogP) is 2.02. The predicted molar refractivity (Wildman–Crippen MR) is 90.6 cm³/mol. The van der Waals surface area contributed by atoms with Crippen LogP contribution in [0.1, 0.15) is 19.7 Å². The number of oxazole rings is 1. The molecule has 0 aliphatic carbocycles. The number of amides is 1. The molecular formula is C18H20N2O5. The highest BCUT2D eigenvalue weighted by molar-refractivity contribution is 5.89. The van der Waals surface area contributed by atoms with Crippen LogP contribution < -0.4 is 0 Å². The summed E-state index contributed by atoms with van der Waals surface area (Å²) in [5, 5.41) is 0. The van der Waals surface area contributed by atoms with E-state index in [9.17, 15) is 9.59 Å². The average molecular weight is 344 g/mol. The maximum absolute atomic E-state index is 12.1. The van der Waals surface area contributed by atoms with E-state index in [0.717, 1.165) is 0 Å². The summed E-state index contributed by atoms with van der Waals surface area (Å²) in [5.41, 5.74) is 1.35. The van der Waals surface area contributed by atoms with Crippen LogP contribution in [0.25, 0.3) is 17.2 Å². The zero-order chi connectivity index (χ0) is 17.8. The molecule has 0 radical (unpaired) electrons. The molecule has 0 spiro atoms. The van der Waals surface area contributed by atoms with E-state index in [1.54, 1.807) is 11.0 Å². The van der Waals surface area contributed by atoms with Crippen LogP contribution in [0.5, 0.6) is 0 Å². The molecule has 1 saturated heterocycles. The maximum Gasteiger partial charge on any atom is 0.331 e. The van der Waals surface area contributed by atoms with Crippen LogP contribution in [0.4, 0.5) is 0 Å². The van der Waals surface area contributed by atoms with E-state index in [1.807, 2.05) is 32.0 Å². The van der Waals surface area contributed by atoms with Gasteiger partial charge in [0.15, 0.2) is 12.2 Å². The Morgan fingerprint density at radius 3 is 2.72 bits per heavy atom. The fraction of sp³-hybridized carbons (Fsp3) is 0.389. The van der Waals surface area contributed by atoms with Crippen LogP contribution in [0, 0.1) is 0 Å². The van der Waals surface area contributed by atoms with Crippen LogP contribution in [0.2, 0.25) is 0 Å². The van der Waals surface area contributed by atoms with Gasteiger partial charge in [-0.2, -0.15) is 0 Å². The Kier molecular flexibility index (Phi) is 5.14. The summed E-state index contributed by atoms with van der Waals surface area (Å²) in [4.78, 5) is 29.8. The molecule has 2 aromatic rings. The van der Waals surface area contributed by atoms with Gasteiger partial charge in [-0.1, -0.05) is 12.1 Å². The van der Waals surface area contributed by atoms with Crippen molar-refractivity contribution < 1.29 is 23.5 Å². The van der Waals surface area contributed by atoms with Crippen molar-refractivity contribution in [3.05, 3.63) is 36.2 Å². The minimum Gasteiger partial charge on any atom is -0.452 e. The van der Waals surface area contributed by atoms with Crippen LogP contribution in [0.15, 0.2) is 34.8 Å². The van der Waals surface area contributed by atoms with Gasteiger partial charge in [0, 0.05) is 25.2 Å². The number of esters is 1. The first-order chi connectivity index (χ1) is 12.0. The lowest BCUT2D eigenvalue weighted by atomic mass is 10.2. The van der Waals surface area contributed by atoms with E-state index < -0.39 is 5.97 Å². The van der Waals surface area contributed by atoms with Crippen molar-refractivity contribution in [2.75, 3.05) is 19.7 Å². The number of carbonyl (C=O) groups is 2. The van der Waals surface area contributed by atoms with E-state index in [2.05, 4.69) is 4.98 Å². The van der Waals surface area contributed by atoms with Crippen molar-refractivity contribution in [3.63, 3.8) is 0 Å². The highest BCUT2D eigenvalue weighted by Gasteiger charge is 2.26. The number of morpholine rings is 1. The van der Waals surface area contributed by atoms with Crippen molar-refractivity contribution in [1.82, 2.24) is 9.88 Å². The summed E-state index contributed by atoms with van der Waals surface area (Å²) < 4.78 is 16.0. The van der Waals surface area contributed by atoms with Gasteiger partial charge >= 0.3 is 5.97 Å². The van der Waals surface area contributed by atoms with Gasteiger partial charge in [0.2, 0.25) is 5.89 Å². The van der Waals surface area contributed by atoms with Gasteiger partial charge in [-0.05, 0) is 26.0 Å². The molecule has 1 aromatic heterocycles. The van der Waals surface area contributed by atoms with Crippen LogP contribution in [0.3, 0.4) is 0 Å². The van der Waals surface area contributed by atoms with E-state index in [-0.39, 0.29) is 24.7 Å². The van der Waals surface area contributed by atoms with Crippen LogP contribution in [-0.4, -0.2) is 53.7 Å². The molecule has 25 heavy (non-hydrogen) atoms. The van der Waals surface area contributed by atoms with Crippen molar-refractivity contribution in [1.29, 1.82) is 0 Å². The first-order valence-corrected chi connectivity index (χ1v) is 8.15. The minimum atomic E-state index is -0.620. The van der Waals surface area contributed by atoms with E-state index >= 15 is 0 Å². The topological polar surface area (TPSA) is 81.9 Å². The molecule has 1 aliphatic rings. The third-order valence-electron chi connectivity index (χ3n) is 3.78. The van der Waals surface area contributed by atoms with Gasteiger partial charge in [0.1, 0.15) is 5.52 Å². The summed E-state index contributed by atoms with van der Waals surface area (Å²) in [7, 11) is 0. The summed E-state index contributed by atoms with van der Waals surface area (Å²) in [6.45, 7) is 4.52. The second-order valence-corrected chi connectivity index (χ2v) is 6.02. The van der Waals surface area contributed by atoms with Gasteiger partial charge in [-0.3, -0.25) is 4.79 Å². The third kappa shape index (κ3) is 4.45. The van der Waals surface area contributed by atoms with Crippen molar-refractivity contribution in [2.45, 2.75) is 26.1 Å². The average Bonchev–Trinajstić information content (AvgIpc) is 3.00. The molecular weight excluding hydrogens is 324 g/mol. The van der Waals surface area contributed by atoms with Crippen molar-refractivity contribution >= 4 is 29.1 Å². The lowest BCUT2D eigenvalue weighted by molar-refractivity contribution is -0.154. The van der Waals surface area contributed by atoms with Crippen LogP contribution in [-0.2, 0) is 19.1 Å². The number of carbonyl (C=O) groups excluding carboxylic acids is 2. The Hall–Kier alpha value is -2.67. The highest BCUT2D eigenvalue weighted by atomic mass is 16.5. The Morgan fingerprint density at radius 2 is 2.00 bits per heavy atom. The van der Waals surface area contributed by atoms with Gasteiger partial charge in [0.25, 0.3) is 5.91 Å². The quantitative estimate of drug-likeness (QED) is 0.623. The van der Waals surface area contributed by atoms with Gasteiger partial charge in [0.05, 0.1) is 12.2 Å². The molecule has 1 amide bonds. The molecule has 0 N–H and O–H groups in total. The maximum atomic E-state index is 12.1. The molecule has 1 aromatic carbocycles. The number of ether oxygens (including phenoxy) is 2. The molecule has 0 bridgehead atoms. The first-order valence-electron chi connectivity index (χ1n) is 8.15. The third-order valence-corrected chi connectivity index (χ3v) is 3.78. The Bertz CT molecular complexity index is 755. The second kappa shape index (κ2) is 7.48. The smallest absolute Gasteiger partial charge is 0.331 e. The second-order valence-electron chi connectivity index (χ2n) is 6.02. The summed E-state index contributed by atoms with van der Waals surface area (Å²) in [6.07, 6.45) is 2.57. The SMILES string of the molecule is C[C@@H]1CN(C(=O)COC(=O)/C=C/c2nc3ccccc3o2)C[C@H](C)O1. The molecule has 2 atom stereocenters. The van der Waals surface area contributed by atoms with Crippen LogP contribution >= 0.6 is 0 Å². The summed E-state index contributed by atoms with van der Waals surface area (Å²) in [5.74, 6) is -0.545. The number of hydrogen-bond donors (Lipinski definition) is 0. The molecule has 3 rings (SSSR count). The minimum absolute atomic E-state index is 0.0255. The number of hydrogen-bond acceptors (Lipinski definition) is 6. The molecule has 1 aliphatic heterocycles. The molecule has 7 heteroatoms. The number of aromatic nitrogens is 1. The fourth-order valence-corrected chi connectivity index (χ4v) is 2.75. The van der Waals surface area contributed by atoms with E-state index in [0.29, 0.717) is 30.1 Å². The van der Waals surface area contributed by atoms with E-state index in [4.69, 9.17) is 13.9 Å². The Morgan fingerprint density at radius 1 is 1.28 bits per heavy atom. The summed E-state index contributed by atoms with van der Waals surface area (Å²) in [6, 6.07) is 7.30. The number of para-hydroxylation sites is 2. The Balaban J connectivity index is 1.51. The monoisotopic (exact) mass is 344 g/mol. The normalized spacial score (nSPS) is 21.0. The molecule has 0 saturated carbocycles. The van der Waals surface area contributed by atoms with Crippen molar-refractivity contribution in [3.8, 4) is 0 Å². The Labute approximate surface area is 145 Å². The lowest BCUT2D eigenvalue weighted by Gasteiger charge is -2.35. The van der Waals surface area contributed by atoms with Crippen molar-refractivity contribution in [2.24, 2.45) is 0 Å². The molecule has 7 nitrogen and oxygen atoms in total. The van der Waals surface area contributed by atoms with E-state index in [1.165, 1.54) is 12.2 Å². The number of nitrogens with zero attached hydrogens (tertiary/aromatic N) is 2. The lowest BCUT2D eigenvalue weighted by Crippen LogP contribution is -2.49. The van der Waals surface area contributed by atoms with Gasteiger partial charge in [-0.15, -0.1) is 0 Å². The zero-order valence-electron chi connectivity index (χ0n) is 14.2. The molecule has 132 valence electrons. The fourth-order valence-electron chi connectivity index (χ4n) is 2.75. The molecule has 0 unspecified atom stereocenters. The zero-order valence-corrected chi connectivity index (χ0v) is 14.2. The largest absolute Gasteiger partial charge is 0.452 e. The summed E-state index contributed by atoms with van der Waals surface area (Å²) >= 11 is 0. The highest BCUT2D eigenvalue weighted by Crippen LogP contribution is 2.15. The van der Waals surface area contributed by atoms with Gasteiger partial charge in [-0.25, -0.2) is 9.78 Å². The molecule has 2 heterocycles. The number of rotatable bonds is 4. The number of fused-ring (bicyclic) bond motifs is 1. The molecule has 1 fully saturated rings. The number of benzene rings is 1. The standard InChI is InChI=1S/C18H20N2O5/c1-12-9-20(10-13(2)24-12)17(21)11-23-18(22)8-7-16-19-14-5-3-4-6-15(14)25-16/h3-8,12-13H,9-11H2,1-2H3/b8-7+/t12-,13+.